The molecule has 2 aromatic heterocycles. The first-order valence-electron chi connectivity index (χ1n) is 8.06. The molecule has 3 aromatic rings. The summed E-state index contributed by atoms with van der Waals surface area (Å²) in [7, 11) is -3.64. The molecule has 0 saturated carbocycles. The van der Waals surface area contributed by atoms with Gasteiger partial charge in [-0.3, -0.25) is 4.79 Å². The van der Waals surface area contributed by atoms with E-state index in [4.69, 9.17) is 0 Å². The van der Waals surface area contributed by atoms with Gasteiger partial charge in [0.1, 0.15) is 5.25 Å². The highest BCUT2D eigenvalue weighted by molar-refractivity contribution is 7.92. The molecule has 3 rings (SSSR count). The number of carbonyl (C=O) groups is 1. The highest BCUT2D eigenvalue weighted by atomic mass is 32.2. The summed E-state index contributed by atoms with van der Waals surface area (Å²) < 4.78 is 26.7. The summed E-state index contributed by atoms with van der Waals surface area (Å²) in [6.07, 6.45) is 0. The minimum absolute atomic E-state index is 0.0347. The lowest BCUT2D eigenvalue weighted by Gasteiger charge is -2.19. The molecule has 0 fully saturated rings. The van der Waals surface area contributed by atoms with Gasteiger partial charge in [-0.05, 0) is 53.9 Å². The van der Waals surface area contributed by atoms with Gasteiger partial charge in [0.05, 0.1) is 9.77 Å². The lowest BCUT2D eigenvalue weighted by Crippen LogP contribution is -2.31. The minimum atomic E-state index is -3.64. The zero-order chi connectivity index (χ0) is 18.7. The van der Waals surface area contributed by atoms with Crippen molar-refractivity contribution >= 4 is 38.4 Å². The normalized spacial score (nSPS) is 12.7. The molecule has 1 atom stereocenters. The van der Waals surface area contributed by atoms with Crippen LogP contribution in [0.5, 0.6) is 0 Å². The van der Waals surface area contributed by atoms with E-state index < -0.39 is 15.1 Å². The number of aryl methyl sites for hydroxylation is 2. The third-order valence-electron chi connectivity index (χ3n) is 4.08. The molecule has 26 heavy (non-hydrogen) atoms. The quantitative estimate of drug-likeness (QED) is 0.662. The summed E-state index contributed by atoms with van der Waals surface area (Å²) in [5, 5.41) is 5.64. The van der Waals surface area contributed by atoms with Crippen molar-refractivity contribution in [1.29, 1.82) is 0 Å². The summed E-state index contributed by atoms with van der Waals surface area (Å²) in [5.74, 6) is -0.252. The largest absolute Gasteiger partial charge is 0.350 e. The summed E-state index contributed by atoms with van der Waals surface area (Å²) >= 11 is 2.71. The average Bonchev–Trinajstić information content (AvgIpc) is 3.30. The first kappa shape index (κ1) is 18.8. The van der Waals surface area contributed by atoms with Crippen LogP contribution in [0.15, 0.2) is 58.1 Å². The van der Waals surface area contributed by atoms with Crippen LogP contribution in [0, 0.1) is 13.8 Å². The number of sulfone groups is 1. The molecule has 0 aliphatic rings. The molecule has 2 heterocycles. The Morgan fingerprint density at radius 2 is 1.81 bits per heavy atom. The Balaban J connectivity index is 1.93. The van der Waals surface area contributed by atoms with Gasteiger partial charge in [0.2, 0.25) is 0 Å². The Labute approximate surface area is 161 Å². The van der Waals surface area contributed by atoms with E-state index in [1.807, 2.05) is 35.9 Å². The van der Waals surface area contributed by atoms with Crippen LogP contribution in [0.2, 0.25) is 0 Å². The molecule has 4 nitrogen and oxygen atoms in total. The predicted octanol–water partition coefficient (Wildman–Crippen LogP) is 4.37. The second-order valence-corrected chi connectivity index (χ2v) is 10.0. The second-order valence-electron chi connectivity index (χ2n) is 6.01. The smallest absolute Gasteiger partial charge is 0.261 e. The van der Waals surface area contributed by atoms with Crippen LogP contribution >= 0.6 is 22.7 Å². The van der Waals surface area contributed by atoms with Gasteiger partial charge in [-0.2, -0.15) is 0 Å². The lowest BCUT2D eigenvalue weighted by molar-refractivity contribution is 0.0958. The third-order valence-corrected chi connectivity index (χ3v) is 8.30. The fraction of sp³-hybridized carbons (Fsp3) is 0.211. The molecule has 1 amide bonds. The summed E-state index contributed by atoms with van der Waals surface area (Å²) in [6, 6.07) is 12.6. The Bertz CT molecular complexity index is 991. The molecular weight excluding hydrogens is 386 g/mol. The van der Waals surface area contributed by atoms with Crippen LogP contribution < -0.4 is 5.32 Å². The number of carbonyl (C=O) groups excluding carboxylic acids is 1. The zero-order valence-corrected chi connectivity index (χ0v) is 16.9. The van der Waals surface area contributed by atoms with Gasteiger partial charge >= 0.3 is 0 Å². The van der Waals surface area contributed by atoms with Crippen molar-refractivity contribution in [2.24, 2.45) is 0 Å². The molecule has 1 N–H and O–H groups in total. The van der Waals surface area contributed by atoms with Crippen molar-refractivity contribution in [3.63, 3.8) is 0 Å². The zero-order valence-electron chi connectivity index (χ0n) is 14.4. The molecule has 1 aromatic carbocycles. The topological polar surface area (TPSA) is 63.2 Å². The molecule has 7 heteroatoms. The number of thiophene rings is 2. The van der Waals surface area contributed by atoms with Gasteiger partial charge in [0, 0.05) is 11.4 Å². The van der Waals surface area contributed by atoms with E-state index in [1.165, 1.54) is 22.7 Å². The van der Waals surface area contributed by atoms with Crippen molar-refractivity contribution in [2.45, 2.75) is 24.0 Å². The first-order chi connectivity index (χ1) is 12.4. The van der Waals surface area contributed by atoms with Crippen LogP contribution in [-0.4, -0.2) is 20.9 Å². The molecule has 0 aliphatic heterocycles. The molecule has 136 valence electrons. The molecule has 0 spiro atoms. The maximum absolute atomic E-state index is 13.4. The van der Waals surface area contributed by atoms with Crippen molar-refractivity contribution in [3.8, 4) is 0 Å². The monoisotopic (exact) mass is 405 g/mol. The van der Waals surface area contributed by atoms with Crippen LogP contribution in [0.25, 0.3) is 0 Å². The molecular formula is C19H19NO3S3. The molecule has 0 aliphatic carbocycles. The first-order valence-corrected chi connectivity index (χ1v) is 11.4. The fourth-order valence-corrected chi connectivity index (χ4v) is 6.44. The van der Waals surface area contributed by atoms with E-state index in [1.54, 1.807) is 31.2 Å². The van der Waals surface area contributed by atoms with Gasteiger partial charge in [0.15, 0.2) is 9.84 Å². The minimum Gasteiger partial charge on any atom is -0.350 e. The van der Waals surface area contributed by atoms with Crippen molar-refractivity contribution in [1.82, 2.24) is 5.32 Å². The Kier molecular flexibility index (Phi) is 5.60. The van der Waals surface area contributed by atoms with Gasteiger partial charge in [-0.15, -0.1) is 22.7 Å². The van der Waals surface area contributed by atoms with Crippen molar-refractivity contribution < 1.29 is 13.2 Å². The average molecular weight is 406 g/mol. The van der Waals surface area contributed by atoms with Crippen LogP contribution in [-0.2, 0) is 9.84 Å². The number of amides is 1. The Hall–Kier alpha value is -1.96. The van der Waals surface area contributed by atoms with E-state index in [9.17, 15) is 13.2 Å². The van der Waals surface area contributed by atoms with E-state index in [0.29, 0.717) is 15.3 Å². The lowest BCUT2D eigenvalue weighted by atomic mass is 10.2. The van der Waals surface area contributed by atoms with E-state index in [0.717, 1.165) is 10.4 Å². The maximum Gasteiger partial charge on any atom is 0.261 e. The van der Waals surface area contributed by atoms with Crippen LogP contribution in [0.4, 0.5) is 0 Å². The molecule has 0 bridgehead atoms. The third kappa shape index (κ3) is 3.90. The highest BCUT2D eigenvalue weighted by Gasteiger charge is 2.31. The van der Waals surface area contributed by atoms with Gasteiger partial charge in [-0.25, -0.2) is 8.42 Å². The van der Waals surface area contributed by atoms with E-state index in [2.05, 4.69) is 5.32 Å². The van der Waals surface area contributed by atoms with Gasteiger partial charge in [0.25, 0.3) is 5.91 Å². The van der Waals surface area contributed by atoms with Crippen LogP contribution in [0.1, 0.15) is 30.9 Å². The fourth-order valence-electron chi connectivity index (χ4n) is 2.69. The summed E-state index contributed by atoms with van der Waals surface area (Å²) in [6.45, 7) is 3.70. The summed E-state index contributed by atoms with van der Waals surface area (Å²) in [5.41, 5.74) is 1.60. The Morgan fingerprint density at radius 3 is 2.46 bits per heavy atom. The number of hydrogen-bond donors (Lipinski definition) is 1. The number of rotatable bonds is 6. The highest BCUT2D eigenvalue weighted by Crippen LogP contribution is 2.33. The maximum atomic E-state index is 13.4. The summed E-state index contributed by atoms with van der Waals surface area (Å²) in [4.78, 5) is 13.9. The van der Waals surface area contributed by atoms with Crippen molar-refractivity contribution in [3.05, 3.63) is 74.1 Å². The second kappa shape index (κ2) is 7.73. The van der Waals surface area contributed by atoms with Crippen molar-refractivity contribution in [2.75, 3.05) is 6.54 Å². The van der Waals surface area contributed by atoms with Gasteiger partial charge < -0.3 is 5.32 Å². The number of benzene rings is 1. The SMILES string of the molecule is Cc1ccc(C)c(S(=O)(=O)[C@@H](CNC(=O)c2cccs2)c2cccs2)c1. The Morgan fingerprint density at radius 1 is 1.08 bits per heavy atom. The predicted molar refractivity (Wildman–Crippen MR) is 107 cm³/mol. The standard InChI is InChI=1S/C19H19NO3S3/c1-13-7-8-14(2)17(11-13)26(22,23)18(15-5-3-9-24-15)12-20-19(21)16-6-4-10-25-16/h3-11,18H,12H2,1-2H3,(H,20,21)/t18-/m0/s1. The number of hydrogen-bond acceptors (Lipinski definition) is 5. The molecule has 0 radical (unpaired) electrons. The molecule has 0 unspecified atom stereocenters. The molecule has 0 saturated heterocycles. The number of nitrogens with one attached hydrogen (secondary N) is 1. The van der Waals surface area contributed by atoms with E-state index >= 15 is 0 Å². The van der Waals surface area contributed by atoms with Crippen LogP contribution in [0.3, 0.4) is 0 Å². The van der Waals surface area contributed by atoms with Gasteiger partial charge in [-0.1, -0.05) is 24.3 Å². The van der Waals surface area contributed by atoms with E-state index in [-0.39, 0.29) is 12.5 Å².